The molecule has 0 saturated carbocycles. The molecule has 1 aliphatic rings. The van der Waals surface area contributed by atoms with Gasteiger partial charge in [0.15, 0.2) is 0 Å². The van der Waals surface area contributed by atoms with Crippen LogP contribution in [0.4, 0.5) is 11.4 Å². The van der Waals surface area contributed by atoms with Gasteiger partial charge in [-0.25, -0.2) is 0 Å². The van der Waals surface area contributed by atoms with E-state index in [1.54, 1.807) is 6.07 Å². The Kier molecular flexibility index (Phi) is 3.76. The number of carbonyl (C=O) groups is 2. The van der Waals surface area contributed by atoms with Gasteiger partial charge < -0.3 is 0 Å². The van der Waals surface area contributed by atoms with Gasteiger partial charge in [-0.2, -0.15) is 0 Å². The molecule has 2 aromatic rings. The van der Waals surface area contributed by atoms with Crippen molar-refractivity contribution in [3.8, 4) is 0 Å². The molecule has 0 spiro atoms. The van der Waals surface area contributed by atoms with E-state index in [-0.39, 0.29) is 23.4 Å². The topological polar surface area (TPSA) is 124 Å². The minimum atomic E-state index is -0.779. The number of rotatable bonds is 4. The zero-order valence-corrected chi connectivity index (χ0v) is 13.0. The van der Waals surface area contributed by atoms with Crippen molar-refractivity contribution in [1.29, 1.82) is 0 Å². The van der Waals surface area contributed by atoms with Crippen molar-refractivity contribution in [2.24, 2.45) is 0 Å². The number of amides is 2. The lowest BCUT2D eigenvalue weighted by molar-refractivity contribution is -0.385. The van der Waals surface area contributed by atoms with Gasteiger partial charge in [0.1, 0.15) is 5.56 Å². The lowest BCUT2D eigenvalue weighted by Gasteiger charge is -2.15. The Morgan fingerprint density at radius 1 is 0.920 bits per heavy atom. The average molecular weight is 341 g/mol. The average Bonchev–Trinajstić information content (AvgIpc) is 2.81. The van der Waals surface area contributed by atoms with Crippen LogP contribution in [0.3, 0.4) is 0 Å². The second kappa shape index (κ2) is 5.78. The highest BCUT2D eigenvalue weighted by Crippen LogP contribution is 2.32. The van der Waals surface area contributed by atoms with E-state index in [1.807, 2.05) is 0 Å². The first-order valence-corrected chi connectivity index (χ1v) is 7.19. The van der Waals surface area contributed by atoms with E-state index >= 15 is 0 Å². The van der Waals surface area contributed by atoms with E-state index in [1.165, 1.54) is 31.2 Å². The molecule has 0 bridgehead atoms. The number of nitrogens with zero attached hydrogens (tertiary/aromatic N) is 3. The van der Waals surface area contributed by atoms with Crippen LogP contribution in [-0.4, -0.2) is 26.6 Å². The van der Waals surface area contributed by atoms with Gasteiger partial charge in [-0.1, -0.05) is 18.2 Å². The molecular formula is C16H11N3O6. The number of nitro groups is 2. The molecule has 0 aromatic heterocycles. The van der Waals surface area contributed by atoms with Gasteiger partial charge in [-0.3, -0.25) is 34.7 Å². The molecule has 0 unspecified atom stereocenters. The number of hydrogen-bond acceptors (Lipinski definition) is 6. The predicted molar refractivity (Wildman–Crippen MR) is 85.1 cm³/mol. The summed E-state index contributed by atoms with van der Waals surface area (Å²) in [6.07, 6.45) is 0. The Balaban J connectivity index is 2.02. The summed E-state index contributed by atoms with van der Waals surface area (Å²) in [5, 5.41) is 22.1. The van der Waals surface area contributed by atoms with Gasteiger partial charge in [0.2, 0.25) is 0 Å². The number of hydrogen-bond donors (Lipinski definition) is 0. The highest BCUT2D eigenvalue weighted by molar-refractivity contribution is 6.23. The van der Waals surface area contributed by atoms with Gasteiger partial charge in [0.25, 0.3) is 23.2 Å². The minimum absolute atomic E-state index is 0.0396. The SMILES string of the molecule is Cc1c(CN2C(=O)c3cccc([N+](=O)[O-])c3C2=O)cccc1[N+](=O)[O-]. The van der Waals surface area contributed by atoms with Gasteiger partial charge in [-0.15, -0.1) is 0 Å². The Labute approximate surface area is 140 Å². The van der Waals surface area contributed by atoms with E-state index in [0.717, 1.165) is 11.0 Å². The summed E-state index contributed by atoms with van der Waals surface area (Å²) in [5.74, 6) is -1.44. The van der Waals surface area contributed by atoms with E-state index in [0.29, 0.717) is 11.1 Å². The molecule has 0 radical (unpaired) electrons. The molecule has 2 amide bonds. The third kappa shape index (κ3) is 2.51. The number of imide groups is 1. The van der Waals surface area contributed by atoms with E-state index in [9.17, 15) is 29.8 Å². The Morgan fingerprint density at radius 3 is 2.16 bits per heavy atom. The summed E-state index contributed by atoms with van der Waals surface area (Å²) in [6, 6.07) is 8.20. The third-order valence-corrected chi connectivity index (χ3v) is 4.12. The molecule has 2 aromatic carbocycles. The molecule has 1 heterocycles. The third-order valence-electron chi connectivity index (χ3n) is 4.12. The van der Waals surface area contributed by atoms with Crippen molar-refractivity contribution in [3.05, 3.63) is 78.9 Å². The largest absolute Gasteiger partial charge is 0.282 e. The van der Waals surface area contributed by atoms with Crippen LogP contribution in [0.5, 0.6) is 0 Å². The zero-order valence-electron chi connectivity index (χ0n) is 13.0. The maximum absolute atomic E-state index is 12.5. The molecule has 126 valence electrons. The highest BCUT2D eigenvalue weighted by atomic mass is 16.6. The molecule has 0 saturated heterocycles. The van der Waals surface area contributed by atoms with Gasteiger partial charge in [0.05, 0.1) is 22.0 Å². The summed E-state index contributed by atoms with van der Waals surface area (Å²) < 4.78 is 0. The smallest absolute Gasteiger partial charge is 0.270 e. The monoisotopic (exact) mass is 341 g/mol. The summed E-state index contributed by atoms with van der Waals surface area (Å²) in [5.41, 5.74) is -0.0954. The van der Waals surface area contributed by atoms with Crippen LogP contribution >= 0.6 is 0 Å². The van der Waals surface area contributed by atoms with Crippen LogP contribution in [0.15, 0.2) is 36.4 Å². The fourth-order valence-electron chi connectivity index (χ4n) is 2.82. The first-order chi connectivity index (χ1) is 11.8. The normalized spacial score (nSPS) is 13.1. The molecular weight excluding hydrogens is 330 g/mol. The van der Waals surface area contributed by atoms with Gasteiger partial charge in [-0.05, 0) is 18.6 Å². The molecule has 0 aliphatic carbocycles. The number of fused-ring (bicyclic) bond motifs is 1. The maximum atomic E-state index is 12.5. The molecule has 3 rings (SSSR count). The zero-order chi connectivity index (χ0) is 18.3. The van der Waals surface area contributed by atoms with Crippen molar-refractivity contribution >= 4 is 23.2 Å². The van der Waals surface area contributed by atoms with E-state index < -0.39 is 27.3 Å². The summed E-state index contributed by atoms with van der Waals surface area (Å²) in [7, 11) is 0. The van der Waals surface area contributed by atoms with Crippen LogP contribution in [0.2, 0.25) is 0 Å². The number of nitro benzene ring substituents is 2. The van der Waals surface area contributed by atoms with Crippen molar-refractivity contribution in [2.45, 2.75) is 13.5 Å². The van der Waals surface area contributed by atoms with E-state index in [2.05, 4.69) is 0 Å². The minimum Gasteiger partial charge on any atom is -0.270 e. The van der Waals surface area contributed by atoms with Crippen LogP contribution in [0.25, 0.3) is 0 Å². The summed E-state index contributed by atoms with van der Waals surface area (Å²) >= 11 is 0. The molecule has 25 heavy (non-hydrogen) atoms. The molecule has 0 fully saturated rings. The van der Waals surface area contributed by atoms with Crippen LogP contribution in [0.1, 0.15) is 31.8 Å². The van der Waals surface area contributed by atoms with Crippen molar-refractivity contribution in [3.63, 3.8) is 0 Å². The van der Waals surface area contributed by atoms with Gasteiger partial charge in [0, 0.05) is 17.7 Å². The first kappa shape index (κ1) is 16.2. The molecule has 0 N–H and O–H groups in total. The Hall–Kier alpha value is -3.62. The predicted octanol–water partition coefficient (Wildman–Crippen LogP) is 2.61. The fraction of sp³-hybridized carbons (Fsp3) is 0.125. The standard InChI is InChI=1S/C16H11N3O6/c1-9-10(4-2-6-12(9)18(22)23)8-17-15(20)11-5-3-7-13(19(24)25)14(11)16(17)21/h2-7H,8H2,1H3. The first-order valence-electron chi connectivity index (χ1n) is 7.19. The van der Waals surface area contributed by atoms with Crippen molar-refractivity contribution in [1.82, 2.24) is 4.90 Å². The van der Waals surface area contributed by atoms with Crippen molar-refractivity contribution in [2.75, 3.05) is 0 Å². The highest BCUT2D eigenvalue weighted by Gasteiger charge is 2.41. The second-order valence-electron chi connectivity index (χ2n) is 5.47. The van der Waals surface area contributed by atoms with Gasteiger partial charge >= 0.3 is 0 Å². The quantitative estimate of drug-likeness (QED) is 0.478. The maximum Gasteiger partial charge on any atom is 0.282 e. The van der Waals surface area contributed by atoms with Crippen molar-refractivity contribution < 1.29 is 19.4 Å². The molecule has 9 nitrogen and oxygen atoms in total. The van der Waals surface area contributed by atoms with Crippen LogP contribution in [-0.2, 0) is 6.54 Å². The lowest BCUT2D eigenvalue weighted by atomic mass is 10.1. The second-order valence-corrected chi connectivity index (χ2v) is 5.47. The van der Waals surface area contributed by atoms with Crippen LogP contribution < -0.4 is 0 Å². The summed E-state index contributed by atoms with van der Waals surface area (Å²) in [6.45, 7) is 1.32. The fourth-order valence-corrected chi connectivity index (χ4v) is 2.82. The number of carbonyl (C=O) groups excluding carboxylic acids is 2. The Morgan fingerprint density at radius 2 is 1.52 bits per heavy atom. The Bertz CT molecular complexity index is 953. The number of benzene rings is 2. The molecule has 9 heteroatoms. The summed E-state index contributed by atoms with van der Waals surface area (Å²) in [4.78, 5) is 46.7. The lowest BCUT2D eigenvalue weighted by Crippen LogP contribution is -2.29. The molecule has 0 atom stereocenters. The van der Waals surface area contributed by atoms with Crippen LogP contribution in [0, 0.1) is 27.2 Å². The van der Waals surface area contributed by atoms with E-state index in [4.69, 9.17) is 0 Å². The molecule has 1 aliphatic heterocycles.